The lowest BCUT2D eigenvalue weighted by molar-refractivity contribution is -0.385. The number of hydrogen-bond acceptors (Lipinski definition) is 5. The first-order valence-corrected chi connectivity index (χ1v) is 7.75. The Morgan fingerprint density at radius 3 is 2.57 bits per heavy atom. The summed E-state index contributed by atoms with van der Waals surface area (Å²) in [5.74, 6) is 0.223. The van der Waals surface area contributed by atoms with E-state index in [9.17, 15) is 18.5 Å². The Labute approximate surface area is 129 Å². The Morgan fingerprint density at radius 1 is 1.48 bits per heavy atom. The van der Waals surface area contributed by atoms with E-state index in [4.69, 9.17) is 5.73 Å². The highest BCUT2D eigenvalue weighted by Gasteiger charge is 2.43. The van der Waals surface area contributed by atoms with E-state index in [1.165, 1.54) is 18.2 Å². The van der Waals surface area contributed by atoms with Crippen molar-refractivity contribution in [3.8, 4) is 0 Å². The second-order valence-corrected chi connectivity index (χ2v) is 6.94. The van der Waals surface area contributed by atoms with Crippen LogP contribution in [-0.2, 0) is 10.0 Å². The second kappa shape index (κ2) is 6.27. The SMILES string of the molecule is CC(CN)(NS(=O)(=O)c1cccc([N+](=O)[O-])c1)C1CC1.Cl. The molecule has 0 aliphatic heterocycles. The Bertz CT molecular complexity index is 633. The molecule has 0 bridgehead atoms. The maximum atomic E-state index is 12.3. The number of nitro groups is 1. The number of sulfonamides is 1. The predicted octanol–water partition coefficient (Wildman–Crippen LogP) is 1.42. The molecule has 1 fully saturated rings. The molecule has 7 nitrogen and oxygen atoms in total. The Balaban J connectivity index is 0.00000220. The highest BCUT2D eigenvalue weighted by atomic mass is 35.5. The summed E-state index contributed by atoms with van der Waals surface area (Å²) in [6.45, 7) is 1.95. The van der Waals surface area contributed by atoms with Crippen molar-refractivity contribution in [3.05, 3.63) is 34.4 Å². The van der Waals surface area contributed by atoms with Gasteiger partial charge in [0.05, 0.1) is 9.82 Å². The minimum absolute atomic E-state index is 0. The van der Waals surface area contributed by atoms with Crippen LogP contribution in [0.4, 0.5) is 5.69 Å². The molecular weight excluding hydrogens is 318 g/mol. The molecular formula is C12H18ClN3O4S. The van der Waals surface area contributed by atoms with Crippen LogP contribution in [0.3, 0.4) is 0 Å². The van der Waals surface area contributed by atoms with Crippen LogP contribution in [0.1, 0.15) is 19.8 Å². The van der Waals surface area contributed by atoms with Crippen molar-refractivity contribution in [3.63, 3.8) is 0 Å². The van der Waals surface area contributed by atoms with Gasteiger partial charge in [-0.3, -0.25) is 10.1 Å². The molecule has 2 rings (SSSR count). The summed E-state index contributed by atoms with van der Waals surface area (Å²) >= 11 is 0. The smallest absolute Gasteiger partial charge is 0.270 e. The van der Waals surface area contributed by atoms with Crippen LogP contribution >= 0.6 is 12.4 Å². The molecule has 0 radical (unpaired) electrons. The average Bonchev–Trinajstić information content (AvgIpc) is 3.23. The van der Waals surface area contributed by atoms with E-state index in [0.717, 1.165) is 18.9 Å². The standard InChI is InChI=1S/C12H17N3O4S.ClH/c1-12(8-13,9-5-6-9)14-20(18,19)11-4-2-3-10(7-11)15(16)17;/h2-4,7,9,14H,5-6,8,13H2,1H3;1H. The van der Waals surface area contributed by atoms with Gasteiger partial charge in [0.1, 0.15) is 0 Å². The highest BCUT2D eigenvalue weighted by molar-refractivity contribution is 7.89. The molecule has 21 heavy (non-hydrogen) atoms. The predicted molar refractivity (Wildman–Crippen MR) is 80.8 cm³/mol. The number of nitrogens with zero attached hydrogens (tertiary/aromatic N) is 1. The van der Waals surface area contributed by atoms with Gasteiger partial charge in [-0.2, -0.15) is 0 Å². The van der Waals surface area contributed by atoms with Crippen molar-refractivity contribution in [2.45, 2.75) is 30.2 Å². The van der Waals surface area contributed by atoms with E-state index < -0.39 is 20.5 Å². The number of non-ortho nitro benzene ring substituents is 1. The molecule has 9 heteroatoms. The van der Waals surface area contributed by atoms with Gasteiger partial charge in [-0.05, 0) is 31.7 Å². The third-order valence-corrected chi connectivity index (χ3v) is 5.22. The number of nitrogens with two attached hydrogens (primary N) is 1. The number of nitro benzene ring substituents is 1. The van der Waals surface area contributed by atoms with Gasteiger partial charge in [0.25, 0.3) is 5.69 Å². The van der Waals surface area contributed by atoms with Crippen LogP contribution in [0.5, 0.6) is 0 Å². The van der Waals surface area contributed by atoms with Crippen LogP contribution in [-0.4, -0.2) is 25.4 Å². The average molecular weight is 336 g/mol. The Kier molecular flexibility index (Phi) is 5.32. The number of nitrogens with one attached hydrogen (secondary N) is 1. The zero-order chi connectivity index (χ0) is 15.0. The second-order valence-electron chi connectivity index (χ2n) is 5.26. The molecule has 1 aromatic carbocycles. The molecule has 1 atom stereocenters. The van der Waals surface area contributed by atoms with Gasteiger partial charge in [-0.15, -0.1) is 12.4 Å². The molecule has 0 amide bonds. The van der Waals surface area contributed by atoms with Crippen molar-refractivity contribution in [1.82, 2.24) is 4.72 Å². The Hall–Kier alpha value is -1.22. The highest BCUT2D eigenvalue weighted by Crippen LogP contribution is 2.39. The van der Waals surface area contributed by atoms with E-state index in [-0.39, 0.29) is 35.5 Å². The fourth-order valence-electron chi connectivity index (χ4n) is 2.14. The van der Waals surface area contributed by atoms with Gasteiger partial charge in [-0.25, -0.2) is 13.1 Å². The molecule has 118 valence electrons. The third-order valence-electron chi connectivity index (χ3n) is 3.61. The van der Waals surface area contributed by atoms with Crippen LogP contribution in [0.2, 0.25) is 0 Å². The van der Waals surface area contributed by atoms with Gasteiger partial charge in [0.2, 0.25) is 10.0 Å². The summed E-state index contributed by atoms with van der Waals surface area (Å²) in [6, 6.07) is 4.98. The molecule has 0 spiro atoms. The molecule has 0 heterocycles. The van der Waals surface area contributed by atoms with E-state index in [0.29, 0.717) is 0 Å². The van der Waals surface area contributed by atoms with Gasteiger partial charge in [0, 0.05) is 24.2 Å². The molecule has 1 aliphatic rings. The summed E-state index contributed by atoms with van der Waals surface area (Å²) < 4.78 is 27.2. The quantitative estimate of drug-likeness (QED) is 0.602. The molecule has 0 saturated heterocycles. The van der Waals surface area contributed by atoms with Crippen LogP contribution in [0.15, 0.2) is 29.2 Å². The fraction of sp³-hybridized carbons (Fsp3) is 0.500. The van der Waals surface area contributed by atoms with E-state index in [1.807, 2.05) is 0 Å². The van der Waals surface area contributed by atoms with E-state index in [2.05, 4.69) is 4.72 Å². The van der Waals surface area contributed by atoms with Crippen molar-refractivity contribution < 1.29 is 13.3 Å². The first-order valence-electron chi connectivity index (χ1n) is 6.27. The number of benzene rings is 1. The fourth-order valence-corrected chi connectivity index (χ4v) is 3.66. The number of rotatable bonds is 6. The molecule has 1 saturated carbocycles. The van der Waals surface area contributed by atoms with Gasteiger partial charge in [-0.1, -0.05) is 6.07 Å². The maximum absolute atomic E-state index is 12.3. The van der Waals surface area contributed by atoms with Crippen molar-refractivity contribution in [2.75, 3.05) is 6.54 Å². The van der Waals surface area contributed by atoms with E-state index in [1.54, 1.807) is 6.92 Å². The lowest BCUT2D eigenvalue weighted by Gasteiger charge is -2.29. The molecule has 1 unspecified atom stereocenters. The zero-order valence-electron chi connectivity index (χ0n) is 11.5. The minimum Gasteiger partial charge on any atom is -0.329 e. The molecule has 1 aliphatic carbocycles. The number of halogens is 1. The molecule has 1 aromatic rings. The van der Waals surface area contributed by atoms with Crippen molar-refractivity contribution in [2.24, 2.45) is 11.7 Å². The molecule has 0 aromatic heterocycles. The maximum Gasteiger partial charge on any atom is 0.270 e. The van der Waals surface area contributed by atoms with Gasteiger partial charge < -0.3 is 5.73 Å². The monoisotopic (exact) mass is 335 g/mol. The van der Waals surface area contributed by atoms with Crippen LogP contribution in [0.25, 0.3) is 0 Å². The largest absolute Gasteiger partial charge is 0.329 e. The van der Waals surface area contributed by atoms with Crippen molar-refractivity contribution in [1.29, 1.82) is 0 Å². The topological polar surface area (TPSA) is 115 Å². The van der Waals surface area contributed by atoms with E-state index >= 15 is 0 Å². The third kappa shape index (κ3) is 3.91. The van der Waals surface area contributed by atoms with Crippen LogP contribution < -0.4 is 10.5 Å². The first-order chi connectivity index (χ1) is 9.28. The summed E-state index contributed by atoms with van der Waals surface area (Å²) in [4.78, 5) is 9.97. The Morgan fingerprint density at radius 2 is 2.10 bits per heavy atom. The van der Waals surface area contributed by atoms with Crippen molar-refractivity contribution >= 4 is 28.1 Å². The summed E-state index contributed by atoms with van der Waals surface area (Å²) in [7, 11) is -3.83. The minimum atomic E-state index is -3.83. The number of hydrogen-bond donors (Lipinski definition) is 2. The summed E-state index contributed by atoms with van der Waals surface area (Å²) in [5.41, 5.74) is 4.72. The van der Waals surface area contributed by atoms with Crippen LogP contribution in [0, 0.1) is 16.0 Å². The lowest BCUT2D eigenvalue weighted by atomic mass is 9.98. The summed E-state index contributed by atoms with van der Waals surface area (Å²) in [6.07, 6.45) is 1.87. The first kappa shape index (κ1) is 17.8. The summed E-state index contributed by atoms with van der Waals surface area (Å²) in [5, 5.41) is 10.7. The van der Waals surface area contributed by atoms with Gasteiger partial charge >= 0.3 is 0 Å². The van der Waals surface area contributed by atoms with Gasteiger partial charge in [0.15, 0.2) is 0 Å². The zero-order valence-corrected chi connectivity index (χ0v) is 13.1. The molecule has 3 N–H and O–H groups in total. The lowest BCUT2D eigenvalue weighted by Crippen LogP contribution is -2.52. The normalized spacial score (nSPS) is 17.6.